The minimum atomic E-state index is -4.71. The molecule has 0 unspecified atom stereocenters. The summed E-state index contributed by atoms with van der Waals surface area (Å²) >= 11 is 0. The van der Waals surface area contributed by atoms with Crippen LogP contribution >= 0.6 is 0 Å². The first-order valence-electron chi connectivity index (χ1n) is 4.87. The van der Waals surface area contributed by atoms with E-state index in [9.17, 15) is 21.6 Å². The minimum absolute atomic E-state index is 0.195. The van der Waals surface area contributed by atoms with Crippen molar-refractivity contribution in [3.63, 3.8) is 0 Å². The van der Waals surface area contributed by atoms with Crippen LogP contribution in [0.2, 0.25) is 0 Å². The van der Waals surface area contributed by atoms with Crippen molar-refractivity contribution < 1.29 is 21.6 Å². The van der Waals surface area contributed by atoms with Gasteiger partial charge in [-0.25, -0.2) is 8.42 Å². The van der Waals surface area contributed by atoms with Crippen LogP contribution < -0.4 is 0 Å². The third-order valence-electron chi connectivity index (χ3n) is 2.36. The van der Waals surface area contributed by atoms with Crippen molar-refractivity contribution in [3.05, 3.63) is 48.3 Å². The maximum Gasteiger partial charge on any atom is 0.417 e. The van der Waals surface area contributed by atoms with Crippen molar-refractivity contribution in [2.24, 2.45) is 0 Å². The highest BCUT2D eigenvalue weighted by Gasteiger charge is 2.37. The molecule has 1 N–H and O–H groups in total. The molecule has 3 nitrogen and oxygen atoms in total. The number of benzene rings is 1. The molecule has 1 aromatic heterocycles. The van der Waals surface area contributed by atoms with E-state index in [1.54, 1.807) is 0 Å². The zero-order valence-corrected chi connectivity index (χ0v) is 9.72. The Balaban J connectivity index is 2.67. The molecule has 0 bridgehead atoms. The molecule has 0 radical (unpaired) electrons. The van der Waals surface area contributed by atoms with Crippen molar-refractivity contribution >= 4 is 9.84 Å². The molecule has 0 atom stereocenters. The van der Waals surface area contributed by atoms with Gasteiger partial charge in [0.05, 0.1) is 15.4 Å². The molecule has 0 fully saturated rings. The van der Waals surface area contributed by atoms with Crippen LogP contribution in [0.3, 0.4) is 0 Å². The summed E-state index contributed by atoms with van der Waals surface area (Å²) in [5.41, 5.74) is -1.16. The van der Waals surface area contributed by atoms with Crippen LogP contribution in [0, 0.1) is 0 Å². The van der Waals surface area contributed by atoms with Gasteiger partial charge >= 0.3 is 6.18 Å². The summed E-state index contributed by atoms with van der Waals surface area (Å²) in [6.07, 6.45) is -2.23. The number of alkyl halides is 3. The largest absolute Gasteiger partial charge is 0.417 e. The Kier molecular flexibility index (Phi) is 2.94. The van der Waals surface area contributed by atoms with Crippen LogP contribution in [0.4, 0.5) is 13.2 Å². The summed E-state index contributed by atoms with van der Waals surface area (Å²) in [5, 5.41) is 0. The lowest BCUT2D eigenvalue weighted by Crippen LogP contribution is -2.13. The van der Waals surface area contributed by atoms with E-state index in [4.69, 9.17) is 0 Å². The SMILES string of the molecule is O=S(=O)(c1cc[nH]c1)c1ccccc1C(F)(F)F. The Morgan fingerprint density at radius 1 is 1.06 bits per heavy atom. The van der Waals surface area contributed by atoms with Gasteiger partial charge in [0.1, 0.15) is 0 Å². The van der Waals surface area contributed by atoms with Crippen LogP contribution in [-0.2, 0) is 16.0 Å². The van der Waals surface area contributed by atoms with Crippen molar-refractivity contribution in [2.75, 3.05) is 0 Å². The van der Waals surface area contributed by atoms with Crippen LogP contribution in [0.5, 0.6) is 0 Å². The summed E-state index contributed by atoms with van der Waals surface area (Å²) in [6.45, 7) is 0. The Labute approximate surface area is 101 Å². The number of aromatic amines is 1. The molecule has 2 aromatic rings. The Morgan fingerprint density at radius 2 is 1.72 bits per heavy atom. The number of hydrogen-bond donors (Lipinski definition) is 1. The van der Waals surface area contributed by atoms with Crippen molar-refractivity contribution in [1.82, 2.24) is 4.98 Å². The molecule has 0 amide bonds. The molecule has 1 heterocycles. The van der Waals surface area contributed by atoms with E-state index in [0.717, 1.165) is 24.4 Å². The minimum Gasteiger partial charge on any atom is -0.366 e. The first kappa shape index (κ1) is 12.7. The zero-order valence-electron chi connectivity index (χ0n) is 8.90. The quantitative estimate of drug-likeness (QED) is 0.916. The highest BCUT2D eigenvalue weighted by atomic mass is 32.2. The van der Waals surface area contributed by atoms with Gasteiger partial charge in [-0.15, -0.1) is 0 Å². The molecule has 0 saturated carbocycles. The number of H-pyrrole nitrogens is 1. The highest BCUT2D eigenvalue weighted by molar-refractivity contribution is 7.91. The van der Waals surface area contributed by atoms with Gasteiger partial charge in [-0.1, -0.05) is 12.1 Å². The lowest BCUT2D eigenvalue weighted by Gasteiger charge is -2.12. The molecule has 0 aliphatic carbocycles. The molecule has 2 rings (SSSR count). The van der Waals surface area contributed by atoms with Gasteiger partial charge in [-0.2, -0.15) is 13.2 Å². The van der Waals surface area contributed by atoms with Crippen LogP contribution in [0.1, 0.15) is 5.56 Å². The number of sulfone groups is 1. The van der Waals surface area contributed by atoms with Gasteiger partial charge in [-0.3, -0.25) is 0 Å². The van der Waals surface area contributed by atoms with Crippen LogP contribution in [0.25, 0.3) is 0 Å². The maximum atomic E-state index is 12.7. The van der Waals surface area contributed by atoms with Crippen molar-refractivity contribution in [1.29, 1.82) is 0 Å². The average Bonchev–Trinajstić information content (AvgIpc) is 2.82. The summed E-state index contributed by atoms with van der Waals surface area (Å²) in [7, 11) is -4.16. The summed E-state index contributed by atoms with van der Waals surface area (Å²) in [6, 6.07) is 5.32. The second-order valence-corrected chi connectivity index (χ2v) is 5.46. The van der Waals surface area contributed by atoms with Crippen LogP contribution in [0.15, 0.2) is 52.5 Å². The van der Waals surface area contributed by atoms with Gasteiger partial charge in [0.15, 0.2) is 0 Å². The third-order valence-corrected chi connectivity index (χ3v) is 4.17. The summed E-state index contributed by atoms with van der Waals surface area (Å²) in [4.78, 5) is 1.57. The lowest BCUT2D eigenvalue weighted by molar-refractivity contribution is -0.139. The van der Waals surface area contributed by atoms with Gasteiger partial charge in [0.25, 0.3) is 0 Å². The molecule has 0 aliphatic heterocycles. The van der Waals surface area contributed by atoms with E-state index in [1.807, 2.05) is 0 Å². The second kappa shape index (κ2) is 4.16. The van der Waals surface area contributed by atoms with Gasteiger partial charge in [0.2, 0.25) is 9.84 Å². The Morgan fingerprint density at radius 3 is 2.28 bits per heavy atom. The van der Waals surface area contributed by atoms with E-state index in [1.165, 1.54) is 18.3 Å². The number of halogens is 3. The lowest BCUT2D eigenvalue weighted by atomic mass is 10.2. The van der Waals surface area contributed by atoms with E-state index in [2.05, 4.69) is 4.98 Å². The van der Waals surface area contributed by atoms with Crippen molar-refractivity contribution in [2.45, 2.75) is 16.0 Å². The number of rotatable bonds is 2. The first-order valence-corrected chi connectivity index (χ1v) is 6.36. The Hall–Kier alpha value is -1.76. The molecule has 1 aromatic carbocycles. The Bertz CT molecular complexity index is 645. The van der Waals surface area contributed by atoms with E-state index >= 15 is 0 Å². The first-order chi connectivity index (χ1) is 8.33. The zero-order chi connectivity index (χ0) is 13.4. The molecule has 18 heavy (non-hydrogen) atoms. The van der Waals surface area contributed by atoms with Crippen LogP contribution in [-0.4, -0.2) is 13.4 Å². The maximum absolute atomic E-state index is 12.7. The molecule has 96 valence electrons. The smallest absolute Gasteiger partial charge is 0.366 e. The number of aromatic nitrogens is 1. The predicted octanol–water partition coefficient (Wildman–Crippen LogP) is 2.87. The third kappa shape index (κ3) is 2.13. The fraction of sp³-hybridized carbons (Fsp3) is 0.0909. The fourth-order valence-electron chi connectivity index (χ4n) is 1.54. The number of hydrogen-bond acceptors (Lipinski definition) is 2. The normalized spacial score (nSPS) is 12.6. The van der Waals surface area contributed by atoms with E-state index in [0.29, 0.717) is 0 Å². The summed E-state index contributed by atoms with van der Waals surface area (Å²) in [5.74, 6) is 0. The fourth-order valence-corrected chi connectivity index (χ4v) is 2.99. The monoisotopic (exact) mass is 275 g/mol. The molecule has 0 aliphatic rings. The predicted molar refractivity (Wildman–Crippen MR) is 57.7 cm³/mol. The molecule has 0 spiro atoms. The second-order valence-electron chi connectivity index (χ2n) is 3.54. The molecule has 7 heteroatoms. The molecule has 0 saturated heterocycles. The molecular formula is C11H8F3NO2S. The van der Waals surface area contributed by atoms with Gasteiger partial charge in [0, 0.05) is 12.4 Å². The topological polar surface area (TPSA) is 49.9 Å². The number of nitrogens with one attached hydrogen (secondary N) is 1. The van der Waals surface area contributed by atoms with E-state index < -0.39 is 26.5 Å². The highest BCUT2D eigenvalue weighted by Crippen LogP contribution is 2.35. The standard InChI is InChI=1S/C11H8F3NO2S/c12-11(13,14)9-3-1-2-4-10(9)18(16,17)8-5-6-15-7-8/h1-7,15H. The van der Waals surface area contributed by atoms with Gasteiger partial charge in [-0.05, 0) is 18.2 Å². The average molecular weight is 275 g/mol. The van der Waals surface area contributed by atoms with E-state index in [-0.39, 0.29) is 4.90 Å². The van der Waals surface area contributed by atoms with Crippen molar-refractivity contribution in [3.8, 4) is 0 Å². The summed E-state index contributed by atoms with van der Waals surface area (Å²) < 4.78 is 62.3. The van der Waals surface area contributed by atoms with Gasteiger partial charge < -0.3 is 4.98 Å². The molecular weight excluding hydrogens is 267 g/mol.